The van der Waals surface area contributed by atoms with Crippen LogP contribution in [0.2, 0.25) is 0 Å². The molecule has 0 N–H and O–H groups in total. The summed E-state index contributed by atoms with van der Waals surface area (Å²) in [6.07, 6.45) is 4.90. The van der Waals surface area contributed by atoms with Crippen molar-refractivity contribution in [2.24, 2.45) is 0 Å². The fraction of sp³-hybridized carbons (Fsp3) is 0.364. The zero-order valence-corrected chi connectivity index (χ0v) is 7.61. The van der Waals surface area contributed by atoms with Crippen molar-refractivity contribution >= 4 is 10.9 Å². The molecule has 0 aliphatic carbocycles. The van der Waals surface area contributed by atoms with Gasteiger partial charge in [0.05, 0.1) is 11.9 Å². The van der Waals surface area contributed by atoms with Gasteiger partial charge in [0.25, 0.3) is 0 Å². The maximum atomic E-state index is 2.39. The summed E-state index contributed by atoms with van der Waals surface area (Å²) in [5, 5.41) is 1.37. The molecule has 3 rings (SSSR count). The minimum Gasteiger partial charge on any atom is -0.153 e. The van der Waals surface area contributed by atoms with Crippen molar-refractivity contribution in [2.45, 2.75) is 25.9 Å². The van der Waals surface area contributed by atoms with Gasteiger partial charge in [0.1, 0.15) is 5.52 Å². The number of benzene rings is 1. The highest BCUT2D eigenvalue weighted by Gasteiger charge is 2.18. The third-order valence-corrected chi connectivity index (χ3v) is 2.82. The smallest absolute Gasteiger partial charge is 0.153 e. The lowest BCUT2D eigenvalue weighted by Gasteiger charge is -2.08. The second-order valence-electron chi connectivity index (χ2n) is 3.68. The number of aryl methyl sites for hydroxylation is 2. The molecule has 0 saturated heterocycles. The monoisotopic (exact) mass is 173 g/mol. The number of rotatable bonds is 0. The minimum atomic E-state index is 1.17. The Morgan fingerprint density at radius 1 is 1.15 bits per heavy atom. The summed E-state index contributed by atoms with van der Waals surface area (Å²) >= 11 is 0. The fourth-order valence-corrected chi connectivity index (χ4v) is 2.17. The molecule has 1 aromatic heterocycles. The van der Waals surface area contributed by atoms with Gasteiger partial charge in [-0.15, -0.1) is 4.68 Å². The Balaban J connectivity index is 2.34. The molecular weight excluding hydrogens is 160 g/mol. The molecule has 2 heterocycles. The van der Waals surface area contributed by atoms with Crippen molar-refractivity contribution in [3.63, 3.8) is 0 Å². The van der Waals surface area contributed by atoms with E-state index < -0.39 is 0 Å². The van der Waals surface area contributed by atoms with Gasteiger partial charge in [-0.1, -0.05) is 12.1 Å². The predicted molar refractivity (Wildman–Crippen MR) is 51.4 cm³/mol. The number of hydrogen-bond acceptors (Lipinski definition) is 0. The van der Waals surface area contributed by atoms with E-state index in [1.165, 1.54) is 36.8 Å². The van der Waals surface area contributed by atoms with Crippen LogP contribution < -0.4 is 4.68 Å². The SMILES string of the molecule is c1ccc2c(c1)c[n+]1n2CCCC1. The van der Waals surface area contributed by atoms with E-state index in [1.807, 2.05) is 0 Å². The average Bonchev–Trinajstić information content (AvgIpc) is 2.56. The molecule has 0 radical (unpaired) electrons. The summed E-state index contributed by atoms with van der Waals surface area (Å²) < 4.78 is 4.73. The van der Waals surface area contributed by atoms with E-state index in [0.717, 1.165) is 0 Å². The lowest BCUT2D eigenvalue weighted by Crippen LogP contribution is -2.45. The number of fused-ring (bicyclic) bond motifs is 3. The van der Waals surface area contributed by atoms with Crippen molar-refractivity contribution in [1.82, 2.24) is 4.68 Å². The van der Waals surface area contributed by atoms with Crippen LogP contribution in [0, 0.1) is 0 Å². The fourth-order valence-electron chi connectivity index (χ4n) is 2.17. The summed E-state index contributed by atoms with van der Waals surface area (Å²) in [7, 11) is 0. The van der Waals surface area contributed by atoms with Gasteiger partial charge in [-0.05, 0) is 18.6 Å². The molecule has 2 aromatic rings. The second kappa shape index (κ2) is 2.59. The Hall–Kier alpha value is -1.31. The summed E-state index contributed by atoms with van der Waals surface area (Å²) in [5.41, 5.74) is 1.38. The highest BCUT2D eigenvalue weighted by atomic mass is 15.4. The third-order valence-electron chi connectivity index (χ3n) is 2.82. The molecule has 0 amide bonds. The van der Waals surface area contributed by atoms with Gasteiger partial charge in [0.2, 0.25) is 6.20 Å². The van der Waals surface area contributed by atoms with Crippen LogP contribution in [0.3, 0.4) is 0 Å². The normalized spacial score (nSPS) is 16.0. The van der Waals surface area contributed by atoms with E-state index in [-0.39, 0.29) is 0 Å². The zero-order chi connectivity index (χ0) is 8.67. The molecule has 1 aliphatic rings. The van der Waals surface area contributed by atoms with Crippen LogP contribution in [0.15, 0.2) is 30.5 Å². The molecule has 0 spiro atoms. The maximum absolute atomic E-state index is 2.39. The quantitative estimate of drug-likeness (QED) is 0.536. The molecule has 0 unspecified atom stereocenters. The van der Waals surface area contributed by atoms with Gasteiger partial charge >= 0.3 is 0 Å². The van der Waals surface area contributed by atoms with Gasteiger partial charge < -0.3 is 0 Å². The molecule has 0 atom stereocenters. The van der Waals surface area contributed by atoms with E-state index in [4.69, 9.17) is 0 Å². The Bertz CT molecular complexity index is 442. The topological polar surface area (TPSA) is 8.81 Å². The van der Waals surface area contributed by atoms with Crippen LogP contribution in [0.5, 0.6) is 0 Å². The highest BCUT2D eigenvalue weighted by molar-refractivity contribution is 5.77. The average molecular weight is 173 g/mol. The molecule has 2 heteroatoms. The summed E-state index contributed by atoms with van der Waals surface area (Å²) in [5.74, 6) is 0. The molecule has 0 bridgehead atoms. The highest BCUT2D eigenvalue weighted by Crippen LogP contribution is 2.14. The molecule has 13 heavy (non-hydrogen) atoms. The number of para-hydroxylation sites is 1. The first-order valence-corrected chi connectivity index (χ1v) is 4.93. The Morgan fingerprint density at radius 3 is 3.08 bits per heavy atom. The molecule has 1 aliphatic heterocycles. The Morgan fingerprint density at radius 2 is 2.08 bits per heavy atom. The predicted octanol–water partition coefficient (Wildman–Crippen LogP) is 1.72. The molecule has 66 valence electrons. The van der Waals surface area contributed by atoms with E-state index in [0.29, 0.717) is 0 Å². The van der Waals surface area contributed by atoms with Gasteiger partial charge in [-0.2, -0.15) is 4.68 Å². The Labute approximate surface area is 77.4 Å². The van der Waals surface area contributed by atoms with E-state index in [1.54, 1.807) is 0 Å². The third kappa shape index (κ3) is 0.981. The lowest BCUT2D eigenvalue weighted by atomic mass is 10.2. The van der Waals surface area contributed by atoms with Crippen LogP contribution in [0.25, 0.3) is 10.9 Å². The van der Waals surface area contributed by atoms with E-state index in [9.17, 15) is 0 Å². The number of nitrogens with zero attached hydrogens (tertiary/aromatic N) is 2. The molecule has 1 aromatic carbocycles. The molecule has 0 fully saturated rings. The van der Waals surface area contributed by atoms with Gasteiger partial charge in [0, 0.05) is 6.42 Å². The number of aromatic nitrogens is 2. The van der Waals surface area contributed by atoms with Crippen molar-refractivity contribution in [2.75, 3.05) is 0 Å². The summed E-state index contributed by atoms with van der Waals surface area (Å²) in [4.78, 5) is 0. The van der Waals surface area contributed by atoms with Crippen molar-refractivity contribution in [1.29, 1.82) is 0 Å². The summed E-state index contributed by atoms with van der Waals surface area (Å²) in [6.45, 7) is 2.35. The van der Waals surface area contributed by atoms with Crippen molar-refractivity contribution in [3.8, 4) is 0 Å². The standard InChI is InChI=1S/C11H13N2/c1-2-6-11-10(5-1)9-12-7-3-4-8-13(11)12/h1-2,5-6,9H,3-4,7-8H2/q+1. The Kier molecular flexibility index (Phi) is 1.42. The van der Waals surface area contributed by atoms with Gasteiger partial charge in [-0.3, -0.25) is 0 Å². The minimum absolute atomic E-state index is 1.17. The van der Waals surface area contributed by atoms with Crippen LogP contribution >= 0.6 is 0 Å². The van der Waals surface area contributed by atoms with Gasteiger partial charge in [-0.25, -0.2) is 0 Å². The first kappa shape index (κ1) is 7.13. The first-order valence-electron chi connectivity index (χ1n) is 4.93. The number of hydrogen-bond donors (Lipinski definition) is 0. The maximum Gasteiger partial charge on any atom is 0.203 e. The molecular formula is C11H13N2+. The summed E-state index contributed by atoms with van der Waals surface area (Å²) in [6, 6.07) is 8.62. The second-order valence-corrected chi connectivity index (χ2v) is 3.68. The van der Waals surface area contributed by atoms with Crippen molar-refractivity contribution in [3.05, 3.63) is 30.5 Å². The molecule has 0 saturated carbocycles. The van der Waals surface area contributed by atoms with Crippen molar-refractivity contribution < 1.29 is 4.68 Å². The van der Waals surface area contributed by atoms with Crippen LogP contribution in [-0.2, 0) is 13.1 Å². The zero-order valence-electron chi connectivity index (χ0n) is 7.61. The van der Waals surface area contributed by atoms with E-state index in [2.05, 4.69) is 39.8 Å². The van der Waals surface area contributed by atoms with E-state index >= 15 is 0 Å². The lowest BCUT2D eigenvalue weighted by molar-refractivity contribution is -0.779. The molecule has 2 nitrogen and oxygen atoms in total. The van der Waals surface area contributed by atoms with Gasteiger partial charge in [0.15, 0.2) is 6.54 Å². The van der Waals surface area contributed by atoms with Crippen LogP contribution in [0.1, 0.15) is 12.8 Å². The largest absolute Gasteiger partial charge is 0.203 e. The van der Waals surface area contributed by atoms with Crippen LogP contribution in [-0.4, -0.2) is 4.68 Å². The van der Waals surface area contributed by atoms with Crippen LogP contribution in [0.4, 0.5) is 0 Å². The first-order chi connectivity index (χ1) is 6.45.